The highest BCUT2D eigenvalue weighted by atomic mass is 35.5. The van der Waals surface area contributed by atoms with Crippen molar-refractivity contribution in [3.05, 3.63) is 69.6 Å². The van der Waals surface area contributed by atoms with Crippen LogP contribution in [0.1, 0.15) is 25.3 Å². The molecule has 1 aliphatic carbocycles. The number of ether oxygens (including phenoxy) is 3. The smallest absolute Gasteiger partial charge is 0.369 e. The Kier molecular flexibility index (Phi) is 9.10. The van der Waals surface area contributed by atoms with Crippen molar-refractivity contribution in [2.75, 3.05) is 56.3 Å². The third-order valence-corrected chi connectivity index (χ3v) is 9.97. The van der Waals surface area contributed by atoms with E-state index < -0.39 is 40.1 Å². The molecule has 1 atom stereocenters. The third-order valence-electron chi connectivity index (χ3n) is 8.18. The highest BCUT2D eigenvalue weighted by molar-refractivity contribution is 7.87. The Morgan fingerprint density at radius 1 is 1.20 bits per heavy atom. The summed E-state index contributed by atoms with van der Waals surface area (Å²) in [5, 5.41) is 7.72. The number of aromatic nitrogens is 2. The van der Waals surface area contributed by atoms with Crippen LogP contribution in [0.5, 0.6) is 11.5 Å². The van der Waals surface area contributed by atoms with Gasteiger partial charge in [0, 0.05) is 43.2 Å². The van der Waals surface area contributed by atoms with Crippen molar-refractivity contribution in [1.29, 1.82) is 0 Å². The molecule has 16 heteroatoms. The molecule has 246 valence electrons. The fraction of sp³-hybridized carbons (Fsp3) is 0.433. The predicted octanol–water partition coefficient (Wildman–Crippen LogP) is 2.86. The standard InChI is InChI=1S/C30H34ClFN6O7S/c1-2-43-29(40)27-35-23-14-20(6-7-25(23)45-27)16-34-46(41,42)37-12-10-36(11-13-37)24-17-33-38(22-5-3-4-21(31)15-22)28(39)26(24)44-19-30(18-32)8-9-30/h3-7,14-15,17,27,34-35H,2,8-13,16,18-19H2,1H3. The van der Waals surface area contributed by atoms with E-state index >= 15 is 0 Å². The molecule has 0 amide bonds. The summed E-state index contributed by atoms with van der Waals surface area (Å²) in [4.78, 5) is 27.5. The van der Waals surface area contributed by atoms with Crippen LogP contribution in [0.3, 0.4) is 0 Å². The molecule has 2 aromatic carbocycles. The summed E-state index contributed by atoms with van der Waals surface area (Å²) in [6, 6.07) is 11.8. The maximum atomic E-state index is 13.6. The number of carbonyl (C=O) groups excluding carboxylic acids is 1. The molecule has 13 nitrogen and oxygen atoms in total. The van der Waals surface area contributed by atoms with Gasteiger partial charge in [0.05, 0.1) is 37.5 Å². The summed E-state index contributed by atoms with van der Waals surface area (Å²) in [5.74, 6) is -0.0391. The molecule has 46 heavy (non-hydrogen) atoms. The summed E-state index contributed by atoms with van der Waals surface area (Å²) in [6.07, 6.45) is 1.91. The lowest BCUT2D eigenvalue weighted by molar-refractivity contribution is -0.149. The summed E-state index contributed by atoms with van der Waals surface area (Å²) in [6.45, 7) is 2.27. The van der Waals surface area contributed by atoms with Crippen molar-refractivity contribution < 1.29 is 31.8 Å². The number of esters is 1. The van der Waals surface area contributed by atoms with Gasteiger partial charge < -0.3 is 24.4 Å². The minimum atomic E-state index is -3.86. The highest BCUT2D eigenvalue weighted by Crippen LogP contribution is 2.46. The maximum absolute atomic E-state index is 13.6. The number of carbonyl (C=O) groups is 1. The molecule has 2 aliphatic heterocycles. The number of piperazine rings is 1. The Hall–Kier alpha value is -3.92. The second-order valence-corrected chi connectivity index (χ2v) is 13.6. The van der Waals surface area contributed by atoms with Crippen LogP contribution in [0, 0.1) is 5.41 Å². The average Bonchev–Trinajstić information content (AvgIpc) is 3.71. The van der Waals surface area contributed by atoms with Crippen LogP contribution in [0.25, 0.3) is 5.69 Å². The topological polar surface area (TPSA) is 144 Å². The quantitative estimate of drug-likeness (QED) is 0.275. The van der Waals surface area contributed by atoms with E-state index in [4.69, 9.17) is 25.8 Å². The zero-order chi connectivity index (χ0) is 32.5. The van der Waals surface area contributed by atoms with Gasteiger partial charge in [0.25, 0.3) is 16.4 Å². The first kappa shape index (κ1) is 32.0. The van der Waals surface area contributed by atoms with Crippen LogP contribution in [-0.2, 0) is 26.3 Å². The Labute approximate surface area is 270 Å². The monoisotopic (exact) mass is 676 g/mol. The van der Waals surface area contributed by atoms with Gasteiger partial charge in [0.2, 0.25) is 5.75 Å². The van der Waals surface area contributed by atoms with E-state index in [9.17, 15) is 22.4 Å². The van der Waals surface area contributed by atoms with Crippen LogP contribution in [-0.4, -0.2) is 80.8 Å². The van der Waals surface area contributed by atoms with Crippen molar-refractivity contribution in [3.8, 4) is 17.2 Å². The summed E-state index contributed by atoms with van der Waals surface area (Å²) < 4.78 is 61.8. The van der Waals surface area contributed by atoms with E-state index in [1.807, 2.05) is 4.90 Å². The number of halogens is 2. The van der Waals surface area contributed by atoms with Gasteiger partial charge in [-0.1, -0.05) is 23.7 Å². The average molecular weight is 677 g/mol. The molecule has 3 aliphatic rings. The normalized spacial score (nSPS) is 18.8. The second-order valence-electron chi connectivity index (χ2n) is 11.4. The molecule has 0 spiro atoms. The maximum Gasteiger partial charge on any atom is 0.369 e. The summed E-state index contributed by atoms with van der Waals surface area (Å²) >= 11 is 6.14. The number of nitrogens with zero attached hydrogens (tertiary/aromatic N) is 4. The summed E-state index contributed by atoms with van der Waals surface area (Å²) in [5.41, 5.74) is 0.985. The molecule has 1 saturated heterocycles. The van der Waals surface area contributed by atoms with E-state index in [0.29, 0.717) is 46.2 Å². The van der Waals surface area contributed by atoms with Crippen molar-refractivity contribution in [3.63, 3.8) is 0 Å². The Balaban J connectivity index is 1.12. The second kappa shape index (κ2) is 13.1. The Morgan fingerprint density at radius 3 is 2.67 bits per heavy atom. The number of nitrogens with one attached hydrogen (secondary N) is 2. The van der Waals surface area contributed by atoms with E-state index in [1.54, 1.807) is 49.4 Å². The SMILES string of the molecule is CCOC(=O)C1Nc2cc(CNS(=O)(=O)N3CCN(c4cnn(-c5cccc(Cl)c5)c(=O)c4OCC4(CF)CC4)CC3)ccc2O1. The molecule has 6 rings (SSSR count). The molecule has 3 aromatic rings. The molecule has 1 unspecified atom stereocenters. The van der Waals surface area contributed by atoms with E-state index in [1.165, 1.54) is 15.2 Å². The minimum absolute atomic E-state index is 0.0154. The number of hydrogen-bond donors (Lipinski definition) is 2. The molecular formula is C30H34ClFN6O7S. The lowest BCUT2D eigenvalue weighted by Gasteiger charge is -2.35. The van der Waals surface area contributed by atoms with Crippen molar-refractivity contribution in [1.82, 2.24) is 18.8 Å². The van der Waals surface area contributed by atoms with Gasteiger partial charge in [-0.2, -0.15) is 27.2 Å². The van der Waals surface area contributed by atoms with Crippen LogP contribution in [0.2, 0.25) is 5.02 Å². The number of rotatable bonds is 12. The lowest BCUT2D eigenvalue weighted by Crippen LogP contribution is -2.52. The molecule has 0 bridgehead atoms. The summed E-state index contributed by atoms with van der Waals surface area (Å²) in [7, 11) is -3.86. The van der Waals surface area contributed by atoms with E-state index in [-0.39, 0.29) is 51.7 Å². The number of hydrogen-bond acceptors (Lipinski definition) is 10. The van der Waals surface area contributed by atoms with Gasteiger partial charge in [-0.15, -0.1) is 0 Å². The van der Waals surface area contributed by atoms with Gasteiger partial charge in [0.15, 0.2) is 0 Å². The van der Waals surface area contributed by atoms with Crippen LogP contribution in [0.15, 0.2) is 53.5 Å². The number of fused-ring (bicyclic) bond motifs is 1. The van der Waals surface area contributed by atoms with E-state index in [0.717, 1.165) is 0 Å². The van der Waals surface area contributed by atoms with Crippen molar-refractivity contribution in [2.24, 2.45) is 5.41 Å². The van der Waals surface area contributed by atoms with Crippen LogP contribution < -0.4 is 30.0 Å². The molecule has 2 N–H and O–H groups in total. The fourth-order valence-corrected chi connectivity index (χ4v) is 6.62. The largest absolute Gasteiger partial charge is 0.486 e. The number of anilines is 2. The van der Waals surface area contributed by atoms with Gasteiger partial charge in [-0.3, -0.25) is 9.18 Å². The van der Waals surface area contributed by atoms with Crippen LogP contribution in [0.4, 0.5) is 15.8 Å². The molecule has 1 saturated carbocycles. The van der Waals surface area contributed by atoms with Crippen molar-refractivity contribution >= 4 is 39.2 Å². The minimum Gasteiger partial charge on any atom is -0.486 e. The fourth-order valence-electron chi connectivity index (χ4n) is 5.26. The molecule has 1 aromatic heterocycles. The molecule has 0 radical (unpaired) electrons. The van der Waals surface area contributed by atoms with Gasteiger partial charge in [-0.05, 0) is 55.7 Å². The molecule has 3 heterocycles. The van der Waals surface area contributed by atoms with E-state index in [2.05, 4.69) is 15.1 Å². The van der Waals surface area contributed by atoms with Crippen molar-refractivity contribution in [2.45, 2.75) is 32.5 Å². The Morgan fingerprint density at radius 2 is 1.98 bits per heavy atom. The van der Waals surface area contributed by atoms with Crippen LogP contribution >= 0.6 is 11.6 Å². The first-order valence-electron chi connectivity index (χ1n) is 14.9. The van der Waals surface area contributed by atoms with Gasteiger partial charge >= 0.3 is 11.5 Å². The Bertz CT molecular complexity index is 1780. The first-order chi connectivity index (χ1) is 22.1. The van der Waals surface area contributed by atoms with Gasteiger partial charge in [0.1, 0.15) is 11.4 Å². The van der Waals surface area contributed by atoms with Gasteiger partial charge in [-0.25, -0.2) is 4.79 Å². The molecular weight excluding hydrogens is 643 g/mol. The molecule has 2 fully saturated rings. The predicted molar refractivity (Wildman–Crippen MR) is 169 cm³/mol. The first-order valence-corrected chi connectivity index (χ1v) is 16.7. The zero-order valence-corrected chi connectivity index (χ0v) is 26.7. The lowest BCUT2D eigenvalue weighted by atomic mass is 10.1. The zero-order valence-electron chi connectivity index (χ0n) is 25.1. The highest BCUT2D eigenvalue weighted by Gasteiger charge is 2.44. The number of alkyl halides is 1. The number of benzene rings is 2. The third kappa shape index (κ3) is 6.77.